The summed E-state index contributed by atoms with van der Waals surface area (Å²) >= 11 is 0. The molecule has 2 rings (SSSR count). The molecule has 0 amide bonds. The molecule has 0 aromatic rings. The molecule has 3 unspecified atom stereocenters. The predicted molar refractivity (Wildman–Crippen MR) is 71.3 cm³/mol. The van der Waals surface area contributed by atoms with E-state index in [-0.39, 0.29) is 0 Å². The van der Waals surface area contributed by atoms with Gasteiger partial charge < -0.3 is 10.1 Å². The third-order valence-electron chi connectivity index (χ3n) is 4.19. The monoisotopic (exact) mass is 240 g/mol. The van der Waals surface area contributed by atoms with Crippen molar-refractivity contribution in [2.45, 2.75) is 64.1 Å². The summed E-state index contributed by atoms with van der Waals surface area (Å²) in [5.41, 5.74) is 0. The van der Waals surface area contributed by atoms with Gasteiger partial charge in [0.2, 0.25) is 0 Å². The molecule has 17 heavy (non-hydrogen) atoms. The normalized spacial score (nSPS) is 35.3. The van der Waals surface area contributed by atoms with E-state index in [4.69, 9.17) is 4.74 Å². The molecule has 0 aromatic carbocycles. The zero-order valence-electron chi connectivity index (χ0n) is 11.5. The first-order valence-electron chi connectivity index (χ1n) is 7.42. The number of ether oxygens (including phenoxy) is 1. The van der Waals surface area contributed by atoms with Gasteiger partial charge in [-0.2, -0.15) is 0 Å². The fourth-order valence-corrected chi connectivity index (χ4v) is 3.09. The van der Waals surface area contributed by atoms with E-state index < -0.39 is 0 Å². The summed E-state index contributed by atoms with van der Waals surface area (Å²) in [7, 11) is 0. The molecule has 0 saturated carbocycles. The van der Waals surface area contributed by atoms with Crippen molar-refractivity contribution >= 4 is 0 Å². The maximum Gasteiger partial charge on any atom is 0.0702 e. The summed E-state index contributed by atoms with van der Waals surface area (Å²) in [6, 6.07) is 1.41. The molecule has 2 saturated heterocycles. The van der Waals surface area contributed by atoms with Crippen molar-refractivity contribution in [2.24, 2.45) is 0 Å². The van der Waals surface area contributed by atoms with E-state index in [0.29, 0.717) is 12.1 Å². The average Bonchev–Trinajstić information content (AvgIpc) is 2.84. The number of nitrogens with one attached hydrogen (secondary N) is 1. The second-order valence-corrected chi connectivity index (χ2v) is 5.54. The number of hydrogen-bond donors (Lipinski definition) is 1. The SMILES string of the molecule is CCCC1CNC(CC)CN1CC1CCCO1. The topological polar surface area (TPSA) is 24.5 Å². The fraction of sp³-hybridized carbons (Fsp3) is 1.00. The Labute approximate surface area is 106 Å². The summed E-state index contributed by atoms with van der Waals surface area (Å²) in [6.07, 6.45) is 6.86. The number of piperazine rings is 1. The minimum absolute atomic E-state index is 0.505. The molecule has 100 valence electrons. The van der Waals surface area contributed by atoms with Gasteiger partial charge in [-0.1, -0.05) is 20.3 Å². The van der Waals surface area contributed by atoms with Gasteiger partial charge in [-0.25, -0.2) is 0 Å². The Kier molecular flexibility index (Phi) is 5.26. The molecule has 2 heterocycles. The number of hydrogen-bond acceptors (Lipinski definition) is 3. The van der Waals surface area contributed by atoms with Crippen LogP contribution in [0.1, 0.15) is 46.0 Å². The standard InChI is InChI=1S/C14H28N2O/c1-3-6-13-9-15-12(4-2)10-16(13)11-14-7-5-8-17-14/h12-15H,3-11H2,1-2H3. The van der Waals surface area contributed by atoms with E-state index in [0.717, 1.165) is 19.2 Å². The molecule has 3 heteroatoms. The Morgan fingerprint density at radius 3 is 2.88 bits per heavy atom. The Morgan fingerprint density at radius 2 is 2.24 bits per heavy atom. The van der Waals surface area contributed by atoms with Crippen molar-refractivity contribution in [2.75, 3.05) is 26.2 Å². The van der Waals surface area contributed by atoms with Crippen LogP contribution in [0.5, 0.6) is 0 Å². The summed E-state index contributed by atoms with van der Waals surface area (Å²) in [5, 5.41) is 3.68. The lowest BCUT2D eigenvalue weighted by Gasteiger charge is -2.41. The van der Waals surface area contributed by atoms with Crippen molar-refractivity contribution in [3.8, 4) is 0 Å². The largest absolute Gasteiger partial charge is 0.377 e. The predicted octanol–water partition coefficient (Wildman–Crippen LogP) is 2.02. The van der Waals surface area contributed by atoms with Crippen LogP contribution in [0.15, 0.2) is 0 Å². The van der Waals surface area contributed by atoms with E-state index in [2.05, 4.69) is 24.1 Å². The summed E-state index contributed by atoms with van der Waals surface area (Å²) in [4.78, 5) is 2.68. The lowest BCUT2D eigenvalue weighted by atomic mass is 10.0. The third-order valence-corrected chi connectivity index (χ3v) is 4.19. The molecular weight excluding hydrogens is 212 g/mol. The zero-order chi connectivity index (χ0) is 12.1. The lowest BCUT2D eigenvalue weighted by Crippen LogP contribution is -2.57. The first-order valence-corrected chi connectivity index (χ1v) is 7.42. The molecule has 0 bridgehead atoms. The molecule has 0 radical (unpaired) electrons. The molecule has 3 nitrogen and oxygen atoms in total. The van der Waals surface area contributed by atoms with Gasteiger partial charge in [0, 0.05) is 38.3 Å². The molecule has 3 atom stereocenters. The summed E-state index contributed by atoms with van der Waals surface area (Å²) < 4.78 is 5.79. The van der Waals surface area contributed by atoms with Crippen molar-refractivity contribution < 1.29 is 4.74 Å². The molecule has 2 aliphatic rings. The highest BCUT2D eigenvalue weighted by atomic mass is 16.5. The Bertz CT molecular complexity index is 216. The molecule has 0 spiro atoms. The highest BCUT2D eigenvalue weighted by molar-refractivity contribution is 4.87. The van der Waals surface area contributed by atoms with Crippen molar-refractivity contribution in [1.82, 2.24) is 10.2 Å². The van der Waals surface area contributed by atoms with E-state index in [1.54, 1.807) is 0 Å². The second-order valence-electron chi connectivity index (χ2n) is 5.54. The van der Waals surface area contributed by atoms with Gasteiger partial charge in [0.15, 0.2) is 0 Å². The van der Waals surface area contributed by atoms with Gasteiger partial charge >= 0.3 is 0 Å². The van der Waals surface area contributed by atoms with Crippen LogP contribution in [0.3, 0.4) is 0 Å². The van der Waals surface area contributed by atoms with Gasteiger partial charge in [-0.3, -0.25) is 4.90 Å². The van der Waals surface area contributed by atoms with E-state index in [1.807, 2.05) is 0 Å². The van der Waals surface area contributed by atoms with Crippen molar-refractivity contribution in [1.29, 1.82) is 0 Å². The number of rotatable bonds is 5. The van der Waals surface area contributed by atoms with Gasteiger partial charge in [0.05, 0.1) is 6.10 Å². The molecular formula is C14H28N2O. The van der Waals surface area contributed by atoms with Crippen LogP contribution in [0.4, 0.5) is 0 Å². The highest BCUT2D eigenvalue weighted by Crippen LogP contribution is 2.19. The third kappa shape index (κ3) is 3.67. The molecule has 0 aromatic heterocycles. The zero-order valence-corrected chi connectivity index (χ0v) is 11.5. The van der Waals surface area contributed by atoms with Crippen LogP contribution in [0.25, 0.3) is 0 Å². The van der Waals surface area contributed by atoms with Crippen molar-refractivity contribution in [3.63, 3.8) is 0 Å². The van der Waals surface area contributed by atoms with Gasteiger partial charge in [-0.15, -0.1) is 0 Å². The van der Waals surface area contributed by atoms with Gasteiger partial charge in [0.25, 0.3) is 0 Å². The minimum Gasteiger partial charge on any atom is -0.377 e. The Morgan fingerprint density at radius 1 is 1.35 bits per heavy atom. The fourth-order valence-electron chi connectivity index (χ4n) is 3.09. The average molecular weight is 240 g/mol. The first kappa shape index (κ1) is 13.3. The Balaban J connectivity index is 1.87. The summed E-state index contributed by atoms with van der Waals surface area (Å²) in [6.45, 7) is 9.08. The van der Waals surface area contributed by atoms with Crippen molar-refractivity contribution in [3.05, 3.63) is 0 Å². The van der Waals surface area contributed by atoms with E-state index in [1.165, 1.54) is 45.2 Å². The quantitative estimate of drug-likeness (QED) is 0.795. The highest BCUT2D eigenvalue weighted by Gasteiger charge is 2.29. The molecule has 2 fully saturated rings. The van der Waals surface area contributed by atoms with E-state index >= 15 is 0 Å². The summed E-state index contributed by atoms with van der Waals surface area (Å²) in [5.74, 6) is 0. The maximum absolute atomic E-state index is 5.79. The van der Waals surface area contributed by atoms with Crippen LogP contribution in [0.2, 0.25) is 0 Å². The second kappa shape index (κ2) is 6.72. The lowest BCUT2D eigenvalue weighted by molar-refractivity contribution is 0.0365. The van der Waals surface area contributed by atoms with Gasteiger partial charge in [0.1, 0.15) is 0 Å². The smallest absolute Gasteiger partial charge is 0.0702 e. The van der Waals surface area contributed by atoms with Crippen LogP contribution < -0.4 is 5.32 Å². The van der Waals surface area contributed by atoms with Crippen LogP contribution in [0, 0.1) is 0 Å². The van der Waals surface area contributed by atoms with Crippen LogP contribution in [-0.2, 0) is 4.74 Å². The number of nitrogens with zero attached hydrogens (tertiary/aromatic N) is 1. The minimum atomic E-state index is 0.505. The van der Waals surface area contributed by atoms with Crippen LogP contribution in [-0.4, -0.2) is 49.3 Å². The Hall–Kier alpha value is -0.120. The molecule has 2 aliphatic heterocycles. The van der Waals surface area contributed by atoms with E-state index in [9.17, 15) is 0 Å². The molecule has 1 N–H and O–H groups in total. The van der Waals surface area contributed by atoms with Gasteiger partial charge in [-0.05, 0) is 25.7 Å². The van der Waals surface area contributed by atoms with Crippen LogP contribution >= 0.6 is 0 Å². The molecule has 0 aliphatic carbocycles. The first-order chi connectivity index (χ1) is 8.33. The maximum atomic E-state index is 5.79.